The Morgan fingerprint density at radius 1 is 1.75 bits per heavy atom. The van der Waals surface area contributed by atoms with E-state index in [1.54, 1.807) is 0 Å². The van der Waals surface area contributed by atoms with Crippen LogP contribution in [0.15, 0.2) is 0 Å². The molecular formula is C9H15NO2. The van der Waals surface area contributed by atoms with Crippen molar-refractivity contribution in [3.05, 3.63) is 0 Å². The van der Waals surface area contributed by atoms with Crippen LogP contribution in [-0.4, -0.2) is 24.9 Å². The van der Waals surface area contributed by atoms with Crippen LogP contribution in [0.25, 0.3) is 0 Å². The third kappa shape index (κ3) is 2.21. The number of rotatable bonds is 3. The van der Waals surface area contributed by atoms with Crippen LogP contribution >= 0.6 is 0 Å². The van der Waals surface area contributed by atoms with Gasteiger partial charge in [0.2, 0.25) is 0 Å². The monoisotopic (exact) mass is 169 g/mol. The Bertz CT molecular complexity index is 183. The summed E-state index contributed by atoms with van der Waals surface area (Å²) < 4.78 is 5.49. The fourth-order valence-electron chi connectivity index (χ4n) is 1.27. The largest absolute Gasteiger partial charge is 0.374 e. The van der Waals surface area contributed by atoms with Gasteiger partial charge >= 0.3 is 0 Å². The van der Waals surface area contributed by atoms with Gasteiger partial charge in [-0.05, 0) is 20.3 Å². The quantitative estimate of drug-likeness (QED) is 0.383. The Morgan fingerprint density at radius 3 is 3.00 bits per heavy atom. The number of hydrogen-bond acceptors (Lipinski definition) is 3. The molecule has 1 rings (SSSR count). The highest BCUT2D eigenvalue weighted by molar-refractivity contribution is 4.89. The summed E-state index contributed by atoms with van der Waals surface area (Å²) >= 11 is 0. The van der Waals surface area contributed by atoms with Crippen LogP contribution in [0.2, 0.25) is 0 Å². The van der Waals surface area contributed by atoms with E-state index in [0.29, 0.717) is 6.61 Å². The number of terminal acetylenes is 1. The number of hydrogen-bond donors (Lipinski definition) is 1. The number of ether oxygens (including phenoxy) is 1. The minimum absolute atomic E-state index is 0.144. The van der Waals surface area contributed by atoms with E-state index < -0.39 is 0 Å². The smallest absolute Gasteiger partial charge is 0.128 e. The molecule has 0 aromatic carbocycles. The zero-order valence-electron chi connectivity index (χ0n) is 7.59. The molecule has 3 nitrogen and oxygen atoms in total. The predicted molar refractivity (Wildman–Crippen MR) is 46.4 cm³/mol. The second-order valence-electron chi connectivity index (χ2n) is 3.40. The Kier molecular flexibility index (Phi) is 3.10. The van der Waals surface area contributed by atoms with Crippen LogP contribution in [0.4, 0.5) is 0 Å². The molecule has 0 saturated carbocycles. The molecule has 0 aromatic rings. The lowest BCUT2D eigenvalue weighted by Crippen LogP contribution is -2.43. The summed E-state index contributed by atoms with van der Waals surface area (Å²) in [7, 11) is 0. The van der Waals surface area contributed by atoms with Crippen LogP contribution in [-0.2, 0) is 9.57 Å². The molecule has 0 radical (unpaired) electrons. The van der Waals surface area contributed by atoms with Crippen molar-refractivity contribution in [2.75, 3.05) is 13.2 Å². The van der Waals surface area contributed by atoms with Gasteiger partial charge in [0, 0.05) is 6.61 Å². The molecule has 1 saturated heterocycles. The third-order valence-corrected chi connectivity index (χ3v) is 2.10. The van der Waals surface area contributed by atoms with Crippen molar-refractivity contribution >= 4 is 0 Å². The lowest BCUT2D eigenvalue weighted by Gasteiger charge is -2.25. The summed E-state index contributed by atoms with van der Waals surface area (Å²) in [4.78, 5) is 5.04. The lowest BCUT2D eigenvalue weighted by molar-refractivity contribution is -0.0337. The summed E-state index contributed by atoms with van der Waals surface area (Å²) in [5.41, 5.74) is 2.76. The van der Waals surface area contributed by atoms with Gasteiger partial charge < -0.3 is 4.74 Å². The number of hydroxylamine groups is 1. The van der Waals surface area contributed by atoms with Gasteiger partial charge in [-0.2, -0.15) is 5.48 Å². The molecule has 0 aromatic heterocycles. The zero-order chi connectivity index (χ0) is 9.03. The minimum atomic E-state index is -0.144. The van der Waals surface area contributed by atoms with Gasteiger partial charge in [0.05, 0.1) is 11.6 Å². The molecule has 68 valence electrons. The molecule has 1 heterocycles. The first-order chi connectivity index (χ1) is 5.67. The van der Waals surface area contributed by atoms with E-state index in [1.165, 1.54) is 0 Å². The van der Waals surface area contributed by atoms with Gasteiger partial charge in [-0.15, -0.1) is 6.42 Å². The van der Waals surface area contributed by atoms with Crippen molar-refractivity contribution in [2.45, 2.75) is 31.9 Å². The Morgan fingerprint density at radius 2 is 2.50 bits per heavy atom. The summed E-state index contributed by atoms with van der Waals surface area (Å²) in [6, 6.07) is 0.242. The third-order valence-electron chi connectivity index (χ3n) is 2.10. The highest BCUT2D eigenvalue weighted by Crippen LogP contribution is 2.24. The van der Waals surface area contributed by atoms with E-state index >= 15 is 0 Å². The van der Waals surface area contributed by atoms with E-state index in [-0.39, 0.29) is 11.6 Å². The molecule has 0 aliphatic carbocycles. The molecule has 1 fully saturated rings. The predicted octanol–water partition coefficient (Wildman–Crippen LogP) is 0.708. The summed E-state index contributed by atoms with van der Waals surface area (Å²) in [5, 5.41) is 0. The van der Waals surface area contributed by atoms with Gasteiger partial charge in [0.25, 0.3) is 0 Å². The molecule has 1 atom stereocenters. The fourth-order valence-corrected chi connectivity index (χ4v) is 1.27. The maximum absolute atomic E-state index is 5.49. The Balaban J connectivity index is 2.28. The van der Waals surface area contributed by atoms with Gasteiger partial charge in [-0.25, -0.2) is 0 Å². The van der Waals surface area contributed by atoms with Crippen LogP contribution in [0.3, 0.4) is 0 Å². The SMILES string of the molecule is C#CCONC1CCOC1(C)C. The van der Waals surface area contributed by atoms with Gasteiger partial charge in [-0.1, -0.05) is 5.92 Å². The molecule has 1 unspecified atom stereocenters. The van der Waals surface area contributed by atoms with Gasteiger partial charge in [-0.3, -0.25) is 4.84 Å². The molecule has 1 aliphatic rings. The highest BCUT2D eigenvalue weighted by Gasteiger charge is 2.35. The van der Waals surface area contributed by atoms with Crippen LogP contribution in [0.5, 0.6) is 0 Å². The van der Waals surface area contributed by atoms with E-state index in [1.807, 2.05) is 13.8 Å². The van der Waals surface area contributed by atoms with Crippen LogP contribution in [0.1, 0.15) is 20.3 Å². The van der Waals surface area contributed by atoms with Gasteiger partial charge in [0.1, 0.15) is 6.61 Å². The van der Waals surface area contributed by atoms with E-state index in [4.69, 9.17) is 16.0 Å². The molecule has 1 aliphatic heterocycles. The molecular weight excluding hydrogens is 154 g/mol. The second kappa shape index (κ2) is 3.90. The first kappa shape index (κ1) is 9.53. The number of nitrogens with one attached hydrogen (secondary N) is 1. The van der Waals surface area contributed by atoms with Crippen molar-refractivity contribution in [2.24, 2.45) is 0 Å². The summed E-state index contributed by atoms with van der Waals surface area (Å²) in [6.45, 7) is 5.16. The second-order valence-corrected chi connectivity index (χ2v) is 3.40. The summed E-state index contributed by atoms with van der Waals surface area (Å²) in [6.07, 6.45) is 6.00. The summed E-state index contributed by atoms with van der Waals surface area (Å²) in [5.74, 6) is 2.39. The molecule has 3 heteroatoms. The first-order valence-electron chi connectivity index (χ1n) is 4.11. The highest BCUT2D eigenvalue weighted by atomic mass is 16.6. The maximum atomic E-state index is 5.49. The Hall–Kier alpha value is -0.560. The zero-order valence-corrected chi connectivity index (χ0v) is 7.59. The van der Waals surface area contributed by atoms with Crippen LogP contribution < -0.4 is 5.48 Å². The van der Waals surface area contributed by atoms with Crippen molar-refractivity contribution < 1.29 is 9.57 Å². The molecule has 0 amide bonds. The van der Waals surface area contributed by atoms with Crippen molar-refractivity contribution in [1.29, 1.82) is 0 Å². The topological polar surface area (TPSA) is 30.5 Å². The van der Waals surface area contributed by atoms with Crippen molar-refractivity contribution in [3.63, 3.8) is 0 Å². The van der Waals surface area contributed by atoms with Crippen molar-refractivity contribution in [3.8, 4) is 12.3 Å². The first-order valence-corrected chi connectivity index (χ1v) is 4.11. The average Bonchev–Trinajstić information content (AvgIpc) is 2.32. The normalized spacial score (nSPS) is 26.9. The standard InChI is InChI=1S/C9H15NO2/c1-4-6-12-10-8-5-7-11-9(8,2)3/h1,8,10H,5-7H2,2-3H3. The van der Waals surface area contributed by atoms with Gasteiger partial charge in [0.15, 0.2) is 0 Å². The Labute approximate surface area is 73.4 Å². The van der Waals surface area contributed by atoms with E-state index in [0.717, 1.165) is 13.0 Å². The fraction of sp³-hybridized carbons (Fsp3) is 0.778. The minimum Gasteiger partial charge on any atom is -0.374 e. The van der Waals surface area contributed by atoms with E-state index in [2.05, 4.69) is 11.4 Å². The van der Waals surface area contributed by atoms with Crippen molar-refractivity contribution in [1.82, 2.24) is 5.48 Å². The molecule has 0 spiro atoms. The molecule has 0 bridgehead atoms. The van der Waals surface area contributed by atoms with Crippen LogP contribution in [0, 0.1) is 12.3 Å². The molecule has 12 heavy (non-hydrogen) atoms. The molecule has 1 N–H and O–H groups in total. The van der Waals surface area contributed by atoms with E-state index in [9.17, 15) is 0 Å². The average molecular weight is 169 g/mol. The lowest BCUT2D eigenvalue weighted by atomic mass is 10.0. The maximum Gasteiger partial charge on any atom is 0.128 e.